The summed E-state index contributed by atoms with van der Waals surface area (Å²) in [6.45, 7) is 7.82. The number of carbonyl (C=O) groups excluding carboxylic acids is 1. The lowest BCUT2D eigenvalue weighted by Crippen LogP contribution is -2.40. The Morgan fingerprint density at radius 2 is 1.95 bits per heavy atom. The molecular weight excluding hydrogens is 268 g/mol. The van der Waals surface area contributed by atoms with Crippen LogP contribution in [0, 0.1) is 12.0 Å². The summed E-state index contributed by atoms with van der Waals surface area (Å²) in [6, 6.07) is 3.05. The summed E-state index contributed by atoms with van der Waals surface area (Å²) in [5.74, 6) is 3.18. The Morgan fingerprint density at radius 1 is 1.24 bits per heavy atom. The van der Waals surface area contributed by atoms with E-state index >= 15 is 0 Å². The molecule has 5 nitrogen and oxygen atoms in total. The third-order valence-corrected chi connectivity index (χ3v) is 3.67. The fourth-order valence-corrected chi connectivity index (χ4v) is 2.68. The third-order valence-electron chi connectivity index (χ3n) is 3.67. The van der Waals surface area contributed by atoms with Crippen molar-refractivity contribution in [1.82, 2.24) is 9.80 Å². The topological polar surface area (TPSA) is 53.0 Å². The number of hydrogen-bond acceptors (Lipinski definition) is 4. The molecule has 2 rings (SSSR count). The Balaban J connectivity index is 1.94. The molecule has 2 aliphatic heterocycles. The van der Waals surface area contributed by atoms with Gasteiger partial charge in [-0.25, -0.2) is 4.79 Å². The number of likely N-dealkylation sites (tertiary alicyclic amines) is 2. The second kappa shape index (κ2) is 6.57. The zero-order valence-electron chi connectivity index (χ0n) is 13.3. The molecule has 2 saturated heterocycles. The molecule has 0 saturated carbocycles. The first kappa shape index (κ1) is 16.0. The first-order valence-electron chi connectivity index (χ1n) is 7.79. The minimum atomic E-state index is -0.478. The molecule has 0 aromatic rings. The monoisotopic (exact) mass is 294 g/mol. The van der Waals surface area contributed by atoms with Crippen LogP contribution in [0.2, 0.25) is 0 Å². The van der Waals surface area contributed by atoms with Crippen LogP contribution in [-0.2, 0) is 4.74 Å². The molecule has 0 aromatic heterocycles. The second-order valence-electron chi connectivity index (χ2n) is 6.83. The zero-order chi connectivity index (χ0) is 15.5. The van der Waals surface area contributed by atoms with E-state index in [0.717, 1.165) is 32.2 Å². The molecule has 0 spiro atoms. The molecule has 21 heavy (non-hydrogen) atoms. The largest absolute Gasteiger partial charge is 0.444 e. The van der Waals surface area contributed by atoms with Gasteiger partial charge in [0.15, 0.2) is 0 Å². The molecule has 2 atom stereocenters. The molecule has 2 fully saturated rings. The Morgan fingerprint density at radius 3 is 2.62 bits per heavy atom. The van der Waals surface area contributed by atoms with E-state index in [1.165, 1.54) is 0 Å². The van der Waals surface area contributed by atoms with E-state index in [2.05, 4.69) is 12.0 Å². The number of rotatable bonds is 0. The number of aliphatic hydroxyl groups excluding tert-OH is 1. The predicted molar refractivity (Wildman–Crippen MR) is 80.6 cm³/mol. The summed E-state index contributed by atoms with van der Waals surface area (Å²) in [7, 11) is 0. The van der Waals surface area contributed by atoms with Crippen molar-refractivity contribution < 1.29 is 14.6 Å². The molecule has 0 aliphatic carbocycles. The van der Waals surface area contributed by atoms with E-state index in [0.29, 0.717) is 13.1 Å². The molecule has 118 valence electrons. The molecule has 2 heterocycles. The summed E-state index contributed by atoms with van der Waals surface area (Å²) in [5.41, 5.74) is -0.478. The van der Waals surface area contributed by atoms with Crippen molar-refractivity contribution in [2.45, 2.75) is 64.2 Å². The Kier molecular flexibility index (Phi) is 5.00. The van der Waals surface area contributed by atoms with Crippen LogP contribution in [0.1, 0.15) is 46.5 Å². The van der Waals surface area contributed by atoms with Crippen LogP contribution in [0.25, 0.3) is 0 Å². The van der Waals surface area contributed by atoms with E-state index in [1.807, 2.05) is 25.7 Å². The van der Waals surface area contributed by atoms with Crippen LogP contribution in [-0.4, -0.2) is 58.4 Å². The maximum absolute atomic E-state index is 12.2. The number of piperidine rings is 1. The van der Waals surface area contributed by atoms with Crippen LogP contribution >= 0.6 is 0 Å². The number of ether oxygens (including phenoxy) is 1. The van der Waals surface area contributed by atoms with Crippen molar-refractivity contribution >= 4 is 6.09 Å². The Bertz CT molecular complexity index is 433. The molecule has 1 amide bonds. The summed E-state index contributed by atoms with van der Waals surface area (Å²) < 4.78 is 5.43. The number of amides is 1. The van der Waals surface area contributed by atoms with Crippen molar-refractivity contribution in [2.75, 3.05) is 19.6 Å². The van der Waals surface area contributed by atoms with Crippen LogP contribution in [0.15, 0.2) is 0 Å². The molecule has 5 heteroatoms. The fraction of sp³-hybridized carbons (Fsp3) is 0.812. The lowest BCUT2D eigenvalue weighted by molar-refractivity contribution is 0.0260. The summed E-state index contributed by atoms with van der Waals surface area (Å²) in [4.78, 5) is 15.8. The quantitative estimate of drug-likeness (QED) is 0.692. The minimum absolute atomic E-state index is 0.0704. The summed E-state index contributed by atoms with van der Waals surface area (Å²) >= 11 is 0. The van der Waals surface area contributed by atoms with Gasteiger partial charge in [-0.2, -0.15) is 0 Å². The second-order valence-corrected chi connectivity index (χ2v) is 6.83. The van der Waals surface area contributed by atoms with Crippen molar-refractivity contribution in [1.29, 1.82) is 0 Å². The van der Waals surface area contributed by atoms with Gasteiger partial charge in [-0.3, -0.25) is 4.90 Å². The molecule has 0 aromatic carbocycles. The highest BCUT2D eigenvalue weighted by atomic mass is 16.6. The van der Waals surface area contributed by atoms with Crippen molar-refractivity contribution in [3.63, 3.8) is 0 Å². The van der Waals surface area contributed by atoms with E-state index in [-0.39, 0.29) is 18.2 Å². The highest BCUT2D eigenvalue weighted by molar-refractivity contribution is 5.69. The molecule has 1 N–H and O–H groups in total. The number of hydrogen-bond donors (Lipinski definition) is 1. The van der Waals surface area contributed by atoms with Gasteiger partial charge in [0.05, 0.1) is 18.7 Å². The maximum Gasteiger partial charge on any atom is 0.411 e. The predicted octanol–water partition coefficient (Wildman–Crippen LogP) is 1.80. The third kappa shape index (κ3) is 4.82. The summed E-state index contributed by atoms with van der Waals surface area (Å²) in [6.07, 6.45) is 3.11. The van der Waals surface area contributed by atoms with E-state index < -0.39 is 5.60 Å². The van der Waals surface area contributed by atoms with Crippen LogP contribution in [0.3, 0.4) is 0 Å². The summed E-state index contributed by atoms with van der Waals surface area (Å²) in [5, 5.41) is 9.65. The highest BCUT2D eigenvalue weighted by Gasteiger charge is 2.31. The van der Waals surface area contributed by atoms with Gasteiger partial charge < -0.3 is 14.7 Å². The minimum Gasteiger partial charge on any atom is -0.444 e. The maximum atomic E-state index is 12.2. The lowest BCUT2D eigenvalue weighted by Gasteiger charge is -2.28. The van der Waals surface area contributed by atoms with Crippen molar-refractivity contribution in [2.24, 2.45) is 0 Å². The average Bonchev–Trinajstić information content (AvgIpc) is 2.83. The smallest absolute Gasteiger partial charge is 0.411 e. The number of aliphatic hydroxyl groups is 1. The van der Waals surface area contributed by atoms with E-state index in [1.54, 1.807) is 4.90 Å². The van der Waals surface area contributed by atoms with Gasteiger partial charge in [0, 0.05) is 19.1 Å². The Hall–Kier alpha value is -1.41. The fourth-order valence-electron chi connectivity index (χ4n) is 2.68. The number of β-amino-alcohol motifs (C(OH)–C–C–N with tert-alkyl or cyclic N) is 1. The molecule has 2 aliphatic rings. The lowest BCUT2D eigenvalue weighted by atomic mass is 10.1. The first-order chi connectivity index (χ1) is 9.85. The van der Waals surface area contributed by atoms with Crippen LogP contribution in [0.4, 0.5) is 4.79 Å². The normalized spacial score (nSPS) is 26.3. The SMILES string of the molecule is CC(C)(C)OC(=O)N1CCCC1C#CN1CCC[C@@H](O)C1. The standard InChI is InChI=1S/C16H26N2O3/c1-16(2,3)21-15(20)18-10-4-6-13(18)8-11-17-9-5-7-14(19)12-17/h13-14,19H,4-7,9-10,12H2,1-3H3/t13?,14-/m1/s1. The highest BCUT2D eigenvalue weighted by Crippen LogP contribution is 2.20. The molecule has 0 radical (unpaired) electrons. The number of nitrogens with zero attached hydrogens (tertiary/aromatic N) is 2. The molecule has 1 unspecified atom stereocenters. The average molecular weight is 294 g/mol. The van der Waals surface area contributed by atoms with Gasteiger partial charge in [-0.05, 0) is 46.5 Å². The molecular formula is C16H26N2O3. The molecule has 0 bridgehead atoms. The van der Waals surface area contributed by atoms with Gasteiger partial charge in [0.1, 0.15) is 5.60 Å². The zero-order valence-corrected chi connectivity index (χ0v) is 13.3. The van der Waals surface area contributed by atoms with Gasteiger partial charge >= 0.3 is 6.09 Å². The van der Waals surface area contributed by atoms with E-state index in [9.17, 15) is 9.90 Å². The Labute approximate surface area is 127 Å². The first-order valence-corrected chi connectivity index (χ1v) is 7.79. The van der Waals surface area contributed by atoms with Crippen molar-refractivity contribution in [3.8, 4) is 12.0 Å². The van der Waals surface area contributed by atoms with Crippen LogP contribution in [0.5, 0.6) is 0 Å². The van der Waals surface area contributed by atoms with Crippen molar-refractivity contribution in [3.05, 3.63) is 0 Å². The van der Waals surface area contributed by atoms with Crippen LogP contribution < -0.4 is 0 Å². The van der Waals surface area contributed by atoms with Gasteiger partial charge in [-0.15, -0.1) is 0 Å². The van der Waals surface area contributed by atoms with E-state index in [4.69, 9.17) is 4.74 Å². The van der Waals surface area contributed by atoms with Gasteiger partial charge in [-0.1, -0.05) is 5.92 Å². The van der Waals surface area contributed by atoms with Gasteiger partial charge in [0.2, 0.25) is 0 Å². The van der Waals surface area contributed by atoms with Gasteiger partial charge in [0.25, 0.3) is 0 Å². The number of carbonyl (C=O) groups is 1.